The van der Waals surface area contributed by atoms with E-state index in [1.165, 1.54) is 12.1 Å². The lowest BCUT2D eigenvalue weighted by atomic mass is 10.2. The van der Waals surface area contributed by atoms with E-state index in [0.29, 0.717) is 4.47 Å². The van der Waals surface area contributed by atoms with Gasteiger partial charge in [0.25, 0.3) is 0 Å². The molecule has 0 amide bonds. The largest absolute Gasteiger partial charge is 0.515 e. The van der Waals surface area contributed by atoms with Crippen molar-refractivity contribution >= 4 is 67.2 Å². The van der Waals surface area contributed by atoms with Crippen LogP contribution in [-0.4, -0.2) is 28.2 Å². The van der Waals surface area contributed by atoms with Gasteiger partial charge in [-0.15, -0.1) is 11.6 Å². The Morgan fingerprint density at radius 2 is 1.95 bits per heavy atom. The Morgan fingerprint density at radius 3 is 2.48 bits per heavy atom. The van der Waals surface area contributed by atoms with E-state index in [-0.39, 0.29) is 27.6 Å². The molecule has 1 aromatic rings. The summed E-state index contributed by atoms with van der Waals surface area (Å²) in [5, 5.41) is 8.83. The highest BCUT2D eigenvalue weighted by Crippen LogP contribution is 2.33. The smallest absolute Gasteiger partial charge is 0.478 e. The fourth-order valence-corrected chi connectivity index (χ4v) is 3.24. The first-order valence-corrected chi connectivity index (χ1v) is 8.05. The number of ether oxygens (including phenoxy) is 2. The zero-order valence-electron chi connectivity index (χ0n) is 10.6. The summed E-state index contributed by atoms with van der Waals surface area (Å²) in [6.07, 6.45) is -0.885. The second kappa shape index (κ2) is 8.22. The van der Waals surface area contributed by atoms with Crippen LogP contribution < -0.4 is 4.74 Å². The van der Waals surface area contributed by atoms with E-state index in [4.69, 9.17) is 37.8 Å². The molecule has 0 saturated carbocycles. The van der Waals surface area contributed by atoms with Gasteiger partial charge in [-0.2, -0.15) is 0 Å². The number of benzene rings is 1. The zero-order chi connectivity index (χ0) is 16.2. The Hall–Kier alpha value is -0.500. The Bertz CT molecular complexity index is 551. The number of alkyl halides is 2. The average molecular weight is 465 g/mol. The normalized spacial score (nSPS) is 13.4. The molecule has 9 heteroatoms. The van der Waals surface area contributed by atoms with E-state index >= 15 is 0 Å². The lowest BCUT2D eigenvalue weighted by Gasteiger charge is -2.14. The molecule has 0 aliphatic carbocycles. The molecule has 1 aromatic carbocycles. The van der Waals surface area contributed by atoms with Crippen LogP contribution in [0.2, 0.25) is 0 Å². The number of hydrogen-bond donors (Lipinski definition) is 1. The van der Waals surface area contributed by atoms with Crippen LogP contribution in [0.1, 0.15) is 23.7 Å². The third-order valence-corrected chi connectivity index (χ3v) is 3.65. The van der Waals surface area contributed by atoms with Crippen LogP contribution in [0.25, 0.3) is 0 Å². The molecule has 0 fully saturated rings. The third kappa shape index (κ3) is 6.02. The molecule has 1 N–H and O–H groups in total. The molecule has 5 nitrogen and oxygen atoms in total. The molecule has 0 radical (unpaired) electrons. The first-order valence-electron chi connectivity index (χ1n) is 5.59. The van der Waals surface area contributed by atoms with Gasteiger partial charge in [-0.1, -0.05) is 27.5 Å². The van der Waals surface area contributed by atoms with Gasteiger partial charge in [0, 0.05) is 16.3 Å². The molecule has 21 heavy (non-hydrogen) atoms. The van der Waals surface area contributed by atoms with E-state index in [9.17, 15) is 9.59 Å². The van der Waals surface area contributed by atoms with E-state index in [1.54, 1.807) is 6.92 Å². The summed E-state index contributed by atoms with van der Waals surface area (Å²) in [6.45, 7) is 1.69. The molecule has 0 aromatic heterocycles. The first kappa shape index (κ1) is 18.5. The fourth-order valence-electron chi connectivity index (χ4n) is 1.34. The minimum Gasteiger partial charge on any atom is -0.478 e. The van der Waals surface area contributed by atoms with Crippen molar-refractivity contribution in [1.82, 2.24) is 0 Å². The molecule has 2 atom stereocenters. The lowest BCUT2D eigenvalue weighted by Crippen LogP contribution is -2.19. The predicted molar refractivity (Wildman–Crippen MR) is 85.5 cm³/mol. The summed E-state index contributed by atoms with van der Waals surface area (Å²) in [5.74, 6) is -1.42. The summed E-state index contributed by atoms with van der Waals surface area (Å²) in [4.78, 5) is 22.8. The molecule has 0 spiro atoms. The number of carbonyl (C=O) groups is 2. The van der Waals surface area contributed by atoms with Crippen LogP contribution in [0.4, 0.5) is 4.79 Å². The Balaban J connectivity index is 2.87. The van der Waals surface area contributed by atoms with Crippen molar-refractivity contribution in [3.63, 3.8) is 0 Å². The SMILES string of the molecule is CC(Cl)CC(Cl)OC(=O)Oc1c(Br)cc(Br)cc1C(=O)O. The van der Waals surface area contributed by atoms with Crippen molar-refractivity contribution < 1.29 is 24.2 Å². The maximum Gasteiger partial charge on any atom is 0.515 e. The molecular weight excluding hydrogens is 455 g/mol. The van der Waals surface area contributed by atoms with E-state index in [0.717, 1.165) is 0 Å². The van der Waals surface area contributed by atoms with Crippen molar-refractivity contribution in [2.75, 3.05) is 0 Å². The van der Waals surface area contributed by atoms with Crippen LogP contribution in [0.5, 0.6) is 5.75 Å². The molecule has 116 valence electrons. The maximum absolute atomic E-state index is 11.6. The molecule has 0 aliphatic heterocycles. The number of aromatic carboxylic acids is 1. The molecular formula is C12H10Br2Cl2O5. The average Bonchev–Trinajstić information content (AvgIpc) is 2.30. The van der Waals surface area contributed by atoms with Gasteiger partial charge in [0.15, 0.2) is 11.3 Å². The van der Waals surface area contributed by atoms with Gasteiger partial charge in [0.1, 0.15) is 5.56 Å². The summed E-state index contributed by atoms with van der Waals surface area (Å²) in [6, 6.07) is 2.84. The quantitative estimate of drug-likeness (QED) is 0.377. The van der Waals surface area contributed by atoms with Gasteiger partial charge in [-0.3, -0.25) is 0 Å². The lowest BCUT2D eigenvalue weighted by molar-refractivity contribution is 0.0685. The van der Waals surface area contributed by atoms with Gasteiger partial charge < -0.3 is 14.6 Å². The predicted octanol–water partition coefficient (Wildman–Crippen LogP) is 5.01. The summed E-state index contributed by atoms with van der Waals surface area (Å²) in [7, 11) is 0. The summed E-state index contributed by atoms with van der Waals surface area (Å²) >= 11 is 17.7. The number of rotatable bonds is 5. The van der Waals surface area contributed by atoms with Crippen LogP contribution in [0.3, 0.4) is 0 Å². The molecule has 0 aliphatic rings. The minimum atomic E-state index is -1.25. The van der Waals surface area contributed by atoms with Crippen molar-refractivity contribution in [3.05, 3.63) is 26.6 Å². The molecule has 2 unspecified atom stereocenters. The van der Waals surface area contributed by atoms with Crippen molar-refractivity contribution in [1.29, 1.82) is 0 Å². The van der Waals surface area contributed by atoms with Crippen LogP contribution in [0.15, 0.2) is 21.1 Å². The standard InChI is InChI=1S/C12H10Br2Cl2O5/c1-5(15)2-9(16)20-12(19)21-10-7(11(17)18)3-6(13)4-8(10)14/h3-5,9H,2H2,1H3,(H,17,18). The first-order chi connectivity index (χ1) is 9.70. The number of carbonyl (C=O) groups excluding carboxylic acids is 1. The van der Waals surface area contributed by atoms with Crippen LogP contribution in [0, 0.1) is 0 Å². The van der Waals surface area contributed by atoms with Gasteiger partial charge >= 0.3 is 12.1 Å². The van der Waals surface area contributed by atoms with Crippen LogP contribution >= 0.6 is 55.1 Å². The highest BCUT2D eigenvalue weighted by Gasteiger charge is 2.22. The second-order valence-corrected chi connectivity index (χ2v) is 6.97. The number of carboxylic acids is 1. The highest BCUT2D eigenvalue weighted by atomic mass is 79.9. The van der Waals surface area contributed by atoms with Crippen molar-refractivity contribution in [2.24, 2.45) is 0 Å². The monoisotopic (exact) mass is 462 g/mol. The molecule has 0 bridgehead atoms. The molecule has 0 heterocycles. The molecule has 1 rings (SSSR count). The van der Waals surface area contributed by atoms with Gasteiger partial charge in [0.2, 0.25) is 0 Å². The Morgan fingerprint density at radius 1 is 1.33 bits per heavy atom. The topological polar surface area (TPSA) is 72.8 Å². The third-order valence-electron chi connectivity index (χ3n) is 2.16. The number of carboxylic acid groups (broad SMARTS) is 1. The van der Waals surface area contributed by atoms with E-state index in [2.05, 4.69) is 31.9 Å². The highest BCUT2D eigenvalue weighted by molar-refractivity contribution is 9.11. The maximum atomic E-state index is 11.6. The Labute approximate surface area is 147 Å². The van der Waals surface area contributed by atoms with Crippen molar-refractivity contribution in [2.45, 2.75) is 24.3 Å². The fraction of sp³-hybridized carbons (Fsp3) is 0.333. The van der Waals surface area contributed by atoms with Crippen molar-refractivity contribution in [3.8, 4) is 5.75 Å². The van der Waals surface area contributed by atoms with E-state index in [1.807, 2.05) is 0 Å². The van der Waals surface area contributed by atoms with Gasteiger partial charge in [-0.25, -0.2) is 9.59 Å². The van der Waals surface area contributed by atoms with E-state index < -0.39 is 17.7 Å². The van der Waals surface area contributed by atoms with Crippen LogP contribution in [-0.2, 0) is 4.74 Å². The second-order valence-electron chi connectivity index (χ2n) is 3.97. The zero-order valence-corrected chi connectivity index (χ0v) is 15.3. The van der Waals surface area contributed by atoms with Gasteiger partial charge in [0.05, 0.1) is 4.47 Å². The summed E-state index contributed by atoms with van der Waals surface area (Å²) in [5.41, 5.74) is -1.17. The molecule has 0 saturated heterocycles. The Kier molecular flexibility index (Phi) is 7.26. The number of halogens is 4. The minimum absolute atomic E-state index is 0.168. The van der Waals surface area contributed by atoms with Gasteiger partial charge in [-0.05, 0) is 35.0 Å². The summed E-state index contributed by atoms with van der Waals surface area (Å²) < 4.78 is 10.5. The number of hydrogen-bond acceptors (Lipinski definition) is 4.